The maximum Gasteiger partial charge on any atom is 0.223 e. The molecule has 1 amide bonds. The number of halogens is 1. The summed E-state index contributed by atoms with van der Waals surface area (Å²) in [6.07, 6.45) is 3.82. The topological polar surface area (TPSA) is 59.0 Å². The van der Waals surface area contributed by atoms with Gasteiger partial charge in [-0.3, -0.25) is 9.48 Å². The van der Waals surface area contributed by atoms with Crippen LogP contribution in [-0.4, -0.2) is 28.3 Å². The Labute approximate surface area is 126 Å². The van der Waals surface area contributed by atoms with Gasteiger partial charge in [0.15, 0.2) is 0 Å². The lowest BCUT2D eigenvalue weighted by atomic mass is 9.92. The molecule has 2 heterocycles. The molecule has 1 aliphatic rings. The number of carbonyl (C=O) groups excluding carboxylic acids is 1. The van der Waals surface area contributed by atoms with Crippen LogP contribution in [0.25, 0.3) is 0 Å². The van der Waals surface area contributed by atoms with Crippen LogP contribution in [0.15, 0.2) is 6.20 Å². The number of aryl methyl sites for hydroxylation is 2. The van der Waals surface area contributed by atoms with Crippen molar-refractivity contribution in [1.82, 2.24) is 20.4 Å². The van der Waals surface area contributed by atoms with E-state index in [0.717, 1.165) is 30.6 Å². The lowest BCUT2D eigenvalue weighted by molar-refractivity contribution is -0.126. The van der Waals surface area contributed by atoms with E-state index >= 15 is 0 Å². The number of amides is 1. The summed E-state index contributed by atoms with van der Waals surface area (Å²) in [5.41, 5.74) is 2.08. The van der Waals surface area contributed by atoms with Crippen LogP contribution in [0.1, 0.15) is 44.0 Å². The minimum Gasteiger partial charge on any atom is -0.349 e. The number of hydrogen-bond donors (Lipinski definition) is 2. The molecule has 1 fully saturated rings. The number of piperidine rings is 1. The Balaban J connectivity index is 0.00000200. The van der Waals surface area contributed by atoms with Gasteiger partial charge < -0.3 is 10.6 Å². The molecule has 114 valence electrons. The summed E-state index contributed by atoms with van der Waals surface area (Å²) in [6, 6.07) is 0.450. The summed E-state index contributed by atoms with van der Waals surface area (Å²) < 4.78 is 1.79. The van der Waals surface area contributed by atoms with E-state index in [1.807, 2.05) is 27.1 Å². The minimum absolute atomic E-state index is 0. The molecule has 0 aromatic carbocycles. The third-order valence-corrected chi connectivity index (χ3v) is 3.87. The van der Waals surface area contributed by atoms with Crippen molar-refractivity contribution in [2.24, 2.45) is 13.0 Å². The molecular weight excluding hydrogens is 276 g/mol. The van der Waals surface area contributed by atoms with Crippen LogP contribution in [0.5, 0.6) is 0 Å². The first-order chi connectivity index (χ1) is 8.97. The Bertz CT molecular complexity index is 460. The Morgan fingerprint density at radius 2 is 2.30 bits per heavy atom. The molecule has 2 N–H and O–H groups in total. The normalized spacial score (nSPS) is 23.8. The highest BCUT2D eigenvalue weighted by Crippen LogP contribution is 2.20. The Kier molecular flexibility index (Phi) is 6.02. The summed E-state index contributed by atoms with van der Waals surface area (Å²) >= 11 is 0. The van der Waals surface area contributed by atoms with Gasteiger partial charge in [-0.15, -0.1) is 12.4 Å². The molecule has 0 bridgehead atoms. The standard InChI is InChI=1S/C14H24N4O.ClH/c1-9-7-12(5-6-15-9)14(19)16-10(2)13-8-18(4)17-11(13)3;/h8-10,12,15H,5-7H2,1-4H3,(H,16,19);1H/t9-,10?,12-;/m0./s1. The van der Waals surface area contributed by atoms with E-state index in [2.05, 4.69) is 22.7 Å². The highest BCUT2D eigenvalue weighted by molar-refractivity contribution is 5.85. The molecule has 2 rings (SSSR count). The fourth-order valence-corrected chi connectivity index (χ4v) is 2.82. The van der Waals surface area contributed by atoms with Crippen molar-refractivity contribution in [3.05, 3.63) is 17.5 Å². The monoisotopic (exact) mass is 300 g/mol. The SMILES string of the molecule is Cc1nn(C)cc1C(C)NC(=O)[C@H]1CCN[C@@H](C)C1.Cl. The molecule has 0 spiro atoms. The molecule has 0 aliphatic carbocycles. The van der Waals surface area contributed by atoms with Crippen LogP contribution in [0.2, 0.25) is 0 Å². The second kappa shape index (κ2) is 7.09. The van der Waals surface area contributed by atoms with E-state index in [9.17, 15) is 4.79 Å². The fourth-order valence-electron chi connectivity index (χ4n) is 2.82. The molecule has 3 atom stereocenters. The summed E-state index contributed by atoms with van der Waals surface area (Å²) in [4.78, 5) is 12.3. The molecule has 1 saturated heterocycles. The zero-order valence-electron chi connectivity index (χ0n) is 12.6. The van der Waals surface area contributed by atoms with Crippen molar-refractivity contribution < 1.29 is 4.79 Å². The fraction of sp³-hybridized carbons (Fsp3) is 0.714. The van der Waals surface area contributed by atoms with Gasteiger partial charge in [0, 0.05) is 30.8 Å². The van der Waals surface area contributed by atoms with E-state index in [1.54, 1.807) is 4.68 Å². The van der Waals surface area contributed by atoms with Gasteiger partial charge in [-0.2, -0.15) is 5.10 Å². The Hall–Kier alpha value is -1.07. The number of nitrogens with one attached hydrogen (secondary N) is 2. The van der Waals surface area contributed by atoms with E-state index in [1.165, 1.54) is 0 Å². The second-order valence-corrected chi connectivity index (χ2v) is 5.65. The molecule has 1 aliphatic heterocycles. The molecule has 1 aromatic heterocycles. The minimum atomic E-state index is 0. The van der Waals surface area contributed by atoms with E-state index < -0.39 is 0 Å². The first-order valence-electron chi connectivity index (χ1n) is 7.01. The van der Waals surface area contributed by atoms with Crippen LogP contribution in [0.4, 0.5) is 0 Å². The van der Waals surface area contributed by atoms with Crippen molar-refractivity contribution in [1.29, 1.82) is 0 Å². The van der Waals surface area contributed by atoms with Crippen LogP contribution < -0.4 is 10.6 Å². The molecule has 1 unspecified atom stereocenters. The van der Waals surface area contributed by atoms with Crippen LogP contribution in [0, 0.1) is 12.8 Å². The molecule has 20 heavy (non-hydrogen) atoms. The number of rotatable bonds is 3. The number of hydrogen-bond acceptors (Lipinski definition) is 3. The van der Waals surface area contributed by atoms with Gasteiger partial charge in [-0.05, 0) is 40.2 Å². The third-order valence-electron chi connectivity index (χ3n) is 3.87. The predicted octanol–water partition coefficient (Wildman–Crippen LogP) is 1.72. The molecule has 0 radical (unpaired) electrons. The van der Waals surface area contributed by atoms with E-state index in [-0.39, 0.29) is 30.3 Å². The largest absolute Gasteiger partial charge is 0.349 e. The number of carbonyl (C=O) groups is 1. The summed E-state index contributed by atoms with van der Waals surface area (Å²) in [7, 11) is 1.90. The summed E-state index contributed by atoms with van der Waals surface area (Å²) in [5.74, 6) is 0.305. The van der Waals surface area contributed by atoms with Crippen molar-refractivity contribution in [3.8, 4) is 0 Å². The van der Waals surface area contributed by atoms with Gasteiger partial charge in [0.1, 0.15) is 0 Å². The first-order valence-corrected chi connectivity index (χ1v) is 7.01. The number of aromatic nitrogens is 2. The number of nitrogens with zero attached hydrogens (tertiary/aromatic N) is 2. The summed E-state index contributed by atoms with van der Waals surface area (Å²) in [6.45, 7) is 7.06. The Morgan fingerprint density at radius 3 is 2.85 bits per heavy atom. The lowest BCUT2D eigenvalue weighted by Gasteiger charge is -2.28. The smallest absolute Gasteiger partial charge is 0.223 e. The van der Waals surface area contributed by atoms with E-state index in [4.69, 9.17) is 0 Å². The van der Waals surface area contributed by atoms with Crippen molar-refractivity contribution in [3.63, 3.8) is 0 Å². The zero-order chi connectivity index (χ0) is 14.0. The molecule has 1 aromatic rings. The van der Waals surface area contributed by atoms with E-state index in [0.29, 0.717) is 6.04 Å². The molecular formula is C14H25ClN4O. The van der Waals surface area contributed by atoms with Gasteiger partial charge in [-0.25, -0.2) is 0 Å². The van der Waals surface area contributed by atoms with Crippen LogP contribution in [0.3, 0.4) is 0 Å². The predicted molar refractivity (Wildman–Crippen MR) is 81.9 cm³/mol. The molecule has 6 heteroatoms. The second-order valence-electron chi connectivity index (χ2n) is 5.65. The molecule has 5 nitrogen and oxygen atoms in total. The highest BCUT2D eigenvalue weighted by Gasteiger charge is 2.26. The highest BCUT2D eigenvalue weighted by atomic mass is 35.5. The van der Waals surface area contributed by atoms with Crippen LogP contribution >= 0.6 is 12.4 Å². The van der Waals surface area contributed by atoms with Crippen molar-refractivity contribution in [2.75, 3.05) is 6.54 Å². The van der Waals surface area contributed by atoms with Gasteiger partial charge in [-0.1, -0.05) is 0 Å². The zero-order valence-corrected chi connectivity index (χ0v) is 13.5. The average Bonchev–Trinajstić information content (AvgIpc) is 2.68. The van der Waals surface area contributed by atoms with Gasteiger partial charge in [0.25, 0.3) is 0 Å². The summed E-state index contributed by atoms with van der Waals surface area (Å²) in [5, 5.41) is 10.8. The van der Waals surface area contributed by atoms with Gasteiger partial charge in [0.2, 0.25) is 5.91 Å². The van der Waals surface area contributed by atoms with Gasteiger partial charge >= 0.3 is 0 Å². The van der Waals surface area contributed by atoms with Crippen molar-refractivity contribution in [2.45, 2.75) is 45.7 Å². The quantitative estimate of drug-likeness (QED) is 0.893. The van der Waals surface area contributed by atoms with Crippen molar-refractivity contribution >= 4 is 18.3 Å². The third kappa shape index (κ3) is 3.96. The maximum absolute atomic E-state index is 12.3. The van der Waals surface area contributed by atoms with Crippen LogP contribution in [-0.2, 0) is 11.8 Å². The lowest BCUT2D eigenvalue weighted by Crippen LogP contribution is -2.43. The Morgan fingerprint density at radius 1 is 1.60 bits per heavy atom. The first kappa shape index (κ1) is 17.0. The maximum atomic E-state index is 12.3. The van der Waals surface area contributed by atoms with Gasteiger partial charge in [0.05, 0.1) is 11.7 Å². The molecule has 0 saturated carbocycles. The average molecular weight is 301 g/mol.